The fraction of sp³-hybridized carbons (Fsp3) is 0.280. The number of rotatable bonds is 5. The fourth-order valence-electron chi connectivity index (χ4n) is 3.57. The maximum Gasteiger partial charge on any atom is 0.175 e. The van der Waals surface area contributed by atoms with Gasteiger partial charge in [-0.1, -0.05) is 38.6 Å². The van der Waals surface area contributed by atoms with E-state index in [-0.39, 0.29) is 0 Å². The molecule has 0 amide bonds. The number of sulfone groups is 1. The Morgan fingerprint density at radius 1 is 1.13 bits per heavy atom. The molecule has 1 N–H and O–H groups in total. The Bertz CT molecular complexity index is 1140. The molecule has 0 atom stereocenters. The number of anilines is 2. The van der Waals surface area contributed by atoms with Gasteiger partial charge in [-0.05, 0) is 58.7 Å². The highest BCUT2D eigenvalue weighted by atomic mass is 32.2. The van der Waals surface area contributed by atoms with Crippen molar-refractivity contribution in [3.8, 4) is 0 Å². The van der Waals surface area contributed by atoms with Gasteiger partial charge in [0.05, 0.1) is 4.90 Å². The highest BCUT2D eigenvalue weighted by Gasteiger charge is 2.28. The highest BCUT2D eigenvalue weighted by molar-refractivity contribution is 7.90. The lowest BCUT2D eigenvalue weighted by atomic mass is 9.76. The second kappa shape index (κ2) is 8.97. The van der Waals surface area contributed by atoms with E-state index in [2.05, 4.69) is 80.7 Å². The van der Waals surface area contributed by atoms with Crippen molar-refractivity contribution < 1.29 is 8.42 Å². The van der Waals surface area contributed by atoms with Crippen LogP contribution in [-0.2, 0) is 15.3 Å². The second-order valence-electron chi connectivity index (χ2n) is 8.40. The predicted molar refractivity (Wildman–Crippen MR) is 136 cm³/mol. The smallest absolute Gasteiger partial charge is 0.175 e. The summed E-state index contributed by atoms with van der Waals surface area (Å²) in [6.07, 6.45) is 7.22. The molecule has 1 aliphatic rings. The molecule has 0 bridgehead atoms. The zero-order valence-corrected chi connectivity index (χ0v) is 20.2. The van der Waals surface area contributed by atoms with E-state index in [1.54, 1.807) is 12.1 Å². The fourth-order valence-corrected chi connectivity index (χ4v) is 4.52. The Morgan fingerprint density at radius 2 is 1.81 bits per heavy atom. The van der Waals surface area contributed by atoms with Crippen LogP contribution in [-0.4, -0.2) is 34.0 Å². The largest absolute Gasteiger partial charge is 0.374 e. The SMILES string of the molecule is C=C1/C=C(c2ccc(N(C)CCS)cc2)\C=C/Nc2ccc(S(C)(=O)=O)cc2C1(C)C. The number of allylic oxidation sites excluding steroid dienone is 4. The molecule has 0 saturated carbocycles. The molecule has 3 rings (SSSR count). The van der Waals surface area contributed by atoms with Gasteiger partial charge in [-0.3, -0.25) is 0 Å². The van der Waals surface area contributed by atoms with Gasteiger partial charge in [0.15, 0.2) is 9.84 Å². The predicted octanol–water partition coefficient (Wildman–Crippen LogP) is 5.31. The first kappa shape index (κ1) is 23.2. The van der Waals surface area contributed by atoms with E-state index in [1.807, 2.05) is 18.3 Å². The van der Waals surface area contributed by atoms with Crippen molar-refractivity contribution in [2.75, 3.05) is 35.8 Å². The van der Waals surface area contributed by atoms with Gasteiger partial charge in [0.25, 0.3) is 0 Å². The lowest BCUT2D eigenvalue weighted by Crippen LogP contribution is -2.21. The van der Waals surface area contributed by atoms with Crippen LogP contribution in [0.15, 0.2) is 77.9 Å². The third-order valence-electron chi connectivity index (χ3n) is 5.80. The second-order valence-corrected chi connectivity index (χ2v) is 10.9. The van der Waals surface area contributed by atoms with Gasteiger partial charge in [0, 0.05) is 48.6 Å². The molecule has 0 aromatic heterocycles. The number of benzene rings is 2. The minimum Gasteiger partial charge on any atom is -0.374 e. The van der Waals surface area contributed by atoms with Crippen LogP contribution in [0.1, 0.15) is 25.0 Å². The van der Waals surface area contributed by atoms with Gasteiger partial charge in [-0.15, -0.1) is 0 Å². The highest BCUT2D eigenvalue weighted by Crippen LogP contribution is 2.39. The van der Waals surface area contributed by atoms with Crippen LogP contribution in [0.2, 0.25) is 0 Å². The molecule has 0 spiro atoms. The normalized spacial score (nSPS) is 18.5. The Hall–Kier alpha value is -2.44. The quantitative estimate of drug-likeness (QED) is 0.601. The first-order valence-corrected chi connectivity index (χ1v) is 12.7. The Morgan fingerprint density at radius 3 is 2.42 bits per heavy atom. The molecular weight excluding hydrogens is 424 g/mol. The first-order chi connectivity index (χ1) is 14.5. The third-order valence-corrected chi connectivity index (χ3v) is 7.11. The van der Waals surface area contributed by atoms with Crippen molar-refractivity contribution in [3.63, 3.8) is 0 Å². The van der Waals surface area contributed by atoms with Crippen molar-refractivity contribution in [2.45, 2.75) is 24.2 Å². The van der Waals surface area contributed by atoms with E-state index in [9.17, 15) is 8.42 Å². The number of hydrogen-bond donors (Lipinski definition) is 2. The van der Waals surface area contributed by atoms with Crippen LogP contribution in [0.5, 0.6) is 0 Å². The van der Waals surface area contributed by atoms with Crippen LogP contribution in [0.25, 0.3) is 5.57 Å². The van der Waals surface area contributed by atoms with E-state index in [0.717, 1.165) is 45.9 Å². The van der Waals surface area contributed by atoms with Crippen LogP contribution >= 0.6 is 12.6 Å². The molecule has 1 aliphatic heterocycles. The molecule has 6 heteroatoms. The van der Waals surface area contributed by atoms with Crippen molar-refractivity contribution >= 4 is 39.4 Å². The van der Waals surface area contributed by atoms with Crippen molar-refractivity contribution in [2.24, 2.45) is 0 Å². The third kappa shape index (κ3) is 5.08. The Balaban J connectivity index is 2.02. The van der Waals surface area contributed by atoms with E-state index in [1.165, 1.54) is 6.26 Å². The average molecular weight is 455 g/mol. The lowest BCUT2D eigenvalue weighted by Gasteiger charge is -2.29. The van der Waals surface area contributed by atoms with Gasteiger partial charge in [-0.25, -0.2) is 8.42 Å². The number of nitrogens with zero attached hydrogens (tertiary/aromatic N) is 1. The summed E-state index contributed by atoms with van der Waals surface area (Å²) in [5, 5.41) is 3.33. The van der Waals surface area contributed by atoms with Gasteiger partial charge in [0.2, 0.25) is 0 Å². The molecule has 2 aromatic carbocycles. The zero-order valence-electron chi connectivity index (χ0n) is 18.5. The number of hydrogen-bond acceptors (Lipinski definition) is 5. The molecule has 2 aromatic rings. The van der Waals surface area contributed by atoms with Crippen LogP contribution in [0.4, 0.5) is 11.4 Å². The van der Waals surface area contributed by atoms with E-state index in [4.69, 9.17) is 0 Å². The topological polar surface area (TPSA) is 49.4 Å². The number of fused-ring (bicyclic) bond motifs is 1. The minimum absolute atomic E-state index is 0.308. The van der Waals surface area contributed by atoms with E-state index < -0.39 is 15.3 Å². The van der Waals surface area contributed by atoms with Gasteiger partial charge in [0.1, 0.15) is 0 Å². The van der Waals surface area contributed by atoms with Crippen LogP contribution < -0.4 is 10.2 Å². The van der Waals surface area contributed by atoms with Crippen molar-refractivity contribution in [1.82, 2.24) is 0 Å². The molecule has 0 unspecified atom stereocenters. The summed E-state index contributed by atoms with van der Waals surface area (Å²) in [6.45, 7) is 9.36. The van der Waals surface area contributed by atoms with Crippen molar-refractivity contribution in [3.05, 3.63) is 84.1 Å². The maximum absolute atomic E-state index is 12.1. The molecule has 164 valence electrons. The number of nitrogens with one attached hydrogen (secondary N) is 1. The summed E-state index contributed by atoms with van der Waals surface area (Å²) < 4.78 is 24.2. The zero-order chi connectivity index (χ0) is 22.8. The van der Waals surface area contributed by atoms with Crippen LogP contribution in [0.3, 0.4) is 0 Å². The molecular formula is C25H30N2O2S2. The first-order valence-electron chi connectivity index (χ1n) is 10.1. The number of thiol groups is 1. The molecule has 0 radical (unpaired) electrons. The molecule has 31 heavy (non-hydrogen) atoms. The summed E-state index contributed by atoms with van der Waals surface area (Å²) in [5.41, 5.74) is 5.46. The van der Waals surface area contributed by atoms with Gasteiger partial charge < -0.3 is 10.2 Å². The lowest BCUT2D eigenvalue weighted by molar-refractivity contribution is 0.600. The molecule has 1 heterocycles. The summed E-state index contributed by atoms with van der Waals surface area (Å²) in [7, 11) is -1.25. The standard InChI is InChI=1S/C25H30N2O2S2/c1-18-16-20(19-6-8-21(9-7-19)27(4)14-15-30)12-13-26-24-11-10-22(31(5,28)29)17-23(24)25(18,2)3/h6-13,16-17,26,30H,1,14-15H2,2-5H3/b13-12-,20-16+. The maximum atomic E-state index is 12.1. The van der Waals surface area contributed by atoms with Gasteiger partial charge in [-0.2, -0.15) is 12.6 Å². The van der Waals surface area contributed by atoms with E-state index >= 15 is 0 Å². The summed E-state index contributed by atoms with van der Waals surface area (Å²) in [6, 6.07) is 13.6. The van der Waals surface area contributed by atoms with Crippen LogP contribution in [0, 0.1) is 0 Å². The molecule has 0 aliphatic carbocycles. The van der Waals surface area contributed by atoms with E-state index in [0.29, 0.717) is 4.90 Å². The molecule has 0 fully saturated rings. The Labute approximate surface area is 191 Å². The monoisotopic (exact) mass is 454 g/mol. The molecule has 4 nitrogen and oxygen atoms in total. The van der Waals surface area contributed by atoms with Crippen molar-refractivity contribution in [1.29, 1.82) is 0 Å². The Kier molecular flexibility index (Phi) is 6.72. The molecule has 0 saturated heterocycles. The summed E-state index contributed by atoms with van der Waals surface area (Å²) in [5.74, 6) is 0.800. The summed E-state index contributed by atoms with van der Waals surface area (Å²) in [4.78, 5) is 2.48. The summed E-state index contributed by atoms with van der Waals surface area (Å²) >= 11 is 4.31. The minimum atomic E-state index is -3.30. The van der Waals surface area contributed by atoms with Gasteiger partial charge >= 0.3 is 0 Å². The average Bonchev–Trinajstić information content (AvgIpc) is 2.76.